The maximum absolute atomic E-state index is 13.6. The number of nitrogens with zero attached hydrogens (tertiary/aromatic N) is 1. The number of rotatable bonds is 2. The lowest BCUT2D eigenvalue weighted by Crippen LogP contribution is -2.33. The molecule has 1 saturated heterocycles. The molecule has 1 heterocycles. The van der Waals surface area contributed by atoms with E-state index in [2.05, 4.69) is 0 Å². The monoisotopic (exact) mass is 330 g/mol. The van der Waals surface area contributed by atoms with Crippen LogP contribution in [0.25, 0.3) is 0 Å². The van der Waals surface area contributed by atoms with Gasteiger partial charge in [0.25, 0.3) is 0 Å². The zero-order valence-electron chi connectivity index (χ0n) is 10.0. The Labute approximate surface area is 115 Å². The van der Waals surface area contributed by atoms with Crippen molar-refractivity contribution in [2.75, 3.05) is 11.4 Å². The van der Waals surface area contributed by atoms with Crippen molar-refractivity contribution < 1.29 is 35.2 Å². The van der Waals surface area contributed by atoms with Crippen LogP contribution < -0.4 is 10.0 Å². The normalized spacial score (nSPS) is 19.4. The van der Waals surface area contributed by atoms with Crippen molar-refractivity contribution >= 4 is 21.6 Å². The summed E-state index contributed by atoms with van der Waals surface area (Å²) < 4.78 is 88.4. The lowest BCUT2D eigenvalue weighted by molar-refractivity contribution is -0.117. The summed E-state index contributed by atoms with van der Waals surface area (Å²) in [7, 11) is -4.20. The number of sulfonamides is 1. The van der Waals surface area contributed by atoms with Crippen LogP contribution in [0.2, 0.25) is 0 Å². The molecule has 1 aromatic carbocycles. The van der Waals surface area contributed by atoms with E-state index in [0.29, 0.717) is 0 Å². The Morgan fingerprint density at radius 2 is 1.38 bits per heavy atom. The molecule has 0 spiro atoms. The number of hydrogen-bond acceptors (Lipinski definition) is 3. The van der Waals surface area contributed by atoms with Crippen molar-refractivity contribution in [3.8, 4) is 0 Å². The molecular weight excluding hydrogens is 323 g/mol. The molecule has 0 aliphatic carbocycles. The molecule has 2 rings (SSSR count). The molecule has 0 bridgehead atoms. The van der Waals surface area contributed by atoms with Crippen molar-refractivity contribution in [3.63, 3.8) is 0 Å². The van der Waals surface area contributed by atoms with E-state index >= 15 is 0 Å². The minimum Gasteiger partial charge on any atom is -0.306 e. The lowest BCUT2D eigenvalue weighted by Gasteiger charge is -2.18. The van der Waals surface area contributed by atoms with Crippen LogP contribution in [0.15, 0.2) is 0 Å². The van der Waals surface area contributed by atoms with Gasteiger partial charge < -0.3 is 4.90 Å². The molecule has 1 aromatic rings. The second kappa shape index (κ2) is 4.91. The Kier molecular flexibility index (Phi) is 3.66. The fourth-order valence-electron chi connectivity index (χ4n) is 1.94. The van der Waals surface area contributed by atoms with E-state index in [1.165, 1.54) is 0 Å². The average Bonchev–Trinajstić information content (AvgIpc) is 2.77. The van der Waals surface area contributed by atoms with Gasteiger partial charge in [-0.15, -0.1) is 0 Å². The quantitative estimate of drug-likeness (QED) is 0.494. The summed E-state index contributed by atoms with van der Waals surface area (Å²) in [5.41, 5.74) is -1.48. The summed E-state index contributed by atoms with van der Waals surface area (Å²) in [5, 5.41) is 3.31. The molecule has 0 aromatic heterocycles. The zero-order chi connectivity index (χ0) is 16.1. The molecule has 0 saturated carbocycles. The predicted molar refractivity (Wildman–Crippen MR) is 60.1 cm³/mol. The standard InChI is InChI=1S/C10H7F5N2O3S/c11-5-6(12)8(14)10(9(15)7(5)13)17-2-3(1-4(17)18)21(16,19)20/h3H,1-2H2,(H2,16,19,20). The number of carbonyl (C=O) groups is 1. The highest BCUT2D eigenvalue weighted by Gasteiger charge is 2.41. The van der Waals surface area contributed by atoms with Crippen LogP contribution in [0.3, 0.4) is 0 Å². The first-order valence-corrected chi connectivity index (χ1v) is 7.00. The summed E-state index contributed by atoms with van der Waals surface area (Å²) in [6.45, 7) is -0.796. The molecule has 1 unspecified atom stereocenters. The third kappa shape index (κ3) is 2.46. The maximum atomic E-state index is 13.6. The smallest absolute Gasteiger partial charge is 0.228 e. The second-order valence-corrected chi connectivity index (χ2v) is 6.18. The number of amides is 1. The van der Waals surface area contributed by atoms with E-state index in [-0.39, 0.29) is 4.90 Å². The van der Waals surface area contributed by atoms with E-state index in [0.717, 1.165) is 0 Å². The van der Waals surface area contributed by atoms with Gasteiger partial charge in [-0.2, -0.15) is 0 Å². The van der Waals surface area contributed by atoms with Crippen LogP contribution in [0.1, 0.15) is 6.42 Å². The minimum atomic E-state index is -4.20. The van der Waals surface area contributed by atoms with E-state index in [1.54, 1.807) is 0 Å². The highest BCUT2D eigenvalue weighted by molar-refractivity contribution is 7.89. The van der Waals surface area contributed by atoms with Gasteiger partial charge in [0.05, 0.1) is 0 Å². The average molecular weight is 330 g/mol. The molecule has 11 heteroatoms. The SMILES string of the molecule is NS(=O)(=O)C1CC(=O)N(c2c(F)c(F)c(F)c(F)c2F)C1. The number of benzene rings is 1. The lowest BCUT2D eigenvalue weighted by atomic mass is 10.2. The van der Waals surface area contributed by atoms with Crippen molar-refractivity contribution in [1.29, 1.82) is 0 Å². The largest absolute Gasteiger partial charge is 0.306 e. The van der Waals surface area contributed by atoms with Crippen LogP contribution in [0.4, 0.5) is 27.6 Å². The Bertz CT molecular complexity index is 708. The first kappa shape index (κ1) is 15.6. The van der Waals surface area contributed by atoms with E-state index < -0.39 is 68.9 Å². The van der Waals surface area contributed by atoms with Gasteiger partial charge in [-0.3, -0.25) is 4.79 Å². The second-order valence-electron chi connectivity index (χ2n) is 4.34. The van der Waals surface area contributed by atoms with Gasteiger partial charge >= 0.3 is 0 Å². The first-order chi connectivity index (χ1) is 9.55. The fourth-order valence-corrected chi connectivity index (χ4v) is 2.67. The Balaban J connectivity index is 2.56. The van der Waals surface area contributed by atoms with Crippen molar-refractivity contribution in [1.82, 2.24) is 0 Å². The zero-order valence-corrected chi connectivity index (χ0v) is 10.9. The number of halogens is 5. The number of nitrogens with two attached hydrogens (primary N) is 1. The van der Waals surface area contributed by atoms with Crippen LogP contribution in [0.5, 0.6) is 0 Å². The third-order valence-electron chi connectivity index (χ3n) is 3.01. The van der Waals surface area contributed by atoms with Crippen LogP contribution in [0, 0.1) is 29.1 Å². The number of primary sulfonamides is 1. The van der Waals surface area contributed by atoms with Gasteiger partial charge in [-0.25, -0.2) is 35.5 Å². The molecule has 2 N–H and O–H groups in total. The summed E-state index contributed by atoms with van der Waals surface area (Å²) in [5.74, 6) is -12.4. The molecule has 0 radical (unpaired) electrons. The Hall–Kier alpha value is -1.75. The highest BCUT2D eigenvalue weighted by atomic mass is 32.2. The van der Waals surface area contributed by atoms with Gasteiger partial charge in [-0.05, 0) is 0 Å². The van der Waals surface area contributed by atoms with Crippen molar-refractivity contribution in [2.45, 2.75) is 11.7 Å². The number of anilines is 1. The molecule has 1 amide bonds. The first-order valence-electron chi connectivity index (χ1n) is 5.39. The summed E-state index contributed by atoms with van der Waals surface area (Å²) in [6.07, 6.45) is -0.710. The molecule has 21 heavy (non-hydrogen) atoms. The molecule has 1 fully saturated rings. The number of hydrogen-bond donors (Lipinski definition) is 1. The van der Waals surface area contributed by atoms with Gasteiger partial charge in [0.2, 0.25) is 21.7 Å². The van der Waals surface area contributed by atoms with Crippen LogP contribution >= 0.6 is 0 Å². The fraction of sp³-hybridized carbons (Fsp3) is 0.300. The van der Waals surface area contributed by atoms with Gasteiger partial charge in [0.15, 0.2) is 23.3 Å². The Morgan fingerprint density at radius 3 is 1.76 bits per heavy atom. The van der Waals surface area contributed by atoms with Gasteiger partial charge in [0, 0.05) is 13.0 Å². The maximum Gasteiger partial charge on any atom is 0.228 e. The van der Waals surface area contributed by atoms with E-state index in [9.17, 15) is 35.2 Å². The van der Waals surface area contributed by atoms with Crippen molar-refractivity contribution in [3.05, 3.63) is 29.1 Å². The summed E-state index contributed by atoms with van der Waals surface area (Å²) in [4.78, 5) is 11.8. The molecule has 1 aliphatic heterocycles. The number of carbonyl (C=O) groups excluding carboxylic acids is 1. The van der Waals surface area contributed by atoms with E-state index in [4.69, 9.17) is 5.14 Å². The summed E-state index contributed by atoms with van der Waals surface area (Å²) >= 11 is 0. The van der Waals surface area contributed by atoms with Gasteiger partial charge in [-0.1, -0.05) is 0 Å². The van der Waals surface area contributed by atoms with Crippen LogP contribution in [-0.2, 0) is 14.8 Å². The third-order valence-corrected chi connectivity index (χ3v) is 4.26. The van der Waals surface area contributed by atoms with Crippen LogP contribution in [-0.4, -0.2) is 26.1 Å². The van der Waals surface area contributed by atoms with Gasteiger partial charge in [0.1, 0.15) is 10.9 Å². The van der Waals surface area contributed by atoms with Crippen molar-refractivity contribution in [2.24, 2.45) is 5.14 Å². The molecule has 116 valence electrons. The predicted octanol–water partition coefficient (Wildman–Crippen LogP) is 0.776. The minimum absolute atomic E-state index is 0.186. The Morgan fingerprint density at radius 1 is 0.952 bits per heavy atom. The summed E-state index contributed by atoms with van der Waals surface area (Å²) in [6, 6.07) is 0. The molecule has 1 aliphatic rings. The molecular formula is C10H7F5N2O3S. The topological polar surface area (TPSA) is 80.5 Å². The molecule has 1 atom stereocenters. The molecule has 5 nitrogen and oxygen atoms in total. The highest BCUT2D eigenvalue weighted by Crippen LogP contribution is 2.33. The van der Waals surface area contributed by atoms with E-state index in [1.807, 2.05) is 0 Å².